The zero-order valence-corrected chi connectivity index (χ0v) is 22.6. The van der Waals surface area contributed by atoms with Crippen molar-refractivity contribution in [2.45, 2.75) is 38.8 Å². The number of nitrogens with one attached hydrogen (secondary N) is 1. The number of guanidine groups is 1. The summed E-state index contributed by atoms with van der Waals surface area (Å²) >= 11 is 0. The van der Waals surface area contributed by atoms with Gasteiger partial charge in [-0.15, -0.1) is 24.0 Å². The number of piperidine rings is 2. The summed E-state index contributed by atoms with van der Waals surface area (Å²) in [5.74, 6) is 1.96. The number of fused-ring (bicyclic) bond motifs is 1. The Bertz CT molecular complexity index is 767. The minimum atomic E-state index is 0. The molecule has 2 unspecified atom stereocenters. The molecule has 184 valence electrons. The van der Waals surface area contributed by atoms with Gasteiger partial charge in [0.2, 0.25) is 5.91 Å². The van der Waals surface area contributed by atoms with Crippen LogP contribution in [-0.2, 0) is 11.3 Å². The van der Waals surface area contributed by atoms with Gasteiger partial charge in [0, 0.05) is 78.9 Å². The summed E-state index contributed by atoms with van der Waals surface area (Å²) in [4.78, 5) is 25.7. The number of carbonyl (C=O) groups excluding carboxylic acids is 1. The molecule has 1 N–H and O–H groups in total. The predicted molar refractivity (Wildman–Crippen MR) is 145 cm³/mol. The Morgan fingerprint density at radius 2 is 1.79 bits per heavy atom. The van der Waals surface area contributed by atoms with Crippen molar-refractivity contribution in [2.75, 3.05) is 66.0 Å². The van der Waals surface area contributed by atoms with E-state index < -0.39 is 0 Å². The van der Waals surface area contributed by atoms with Crippen LogP contribution < -0.4 is 5.32 Å². The van der Waals surface area contributed by atoms with E-state index in [9.17, 15) is 4.79 Å². The second-order valence-electron chi connectivity index (χ2n) is 9.48. The first-order valence-corrected chi connectivity index (χ1v) is 12.4. The quantitative estimate of drug-likeness (QED) is 0.336. The Balaban J connectivity index is 0.00000306. The van der Waals surface area contributed by atoms with Gasteiger partial charge in [-0.05, 0) is 37.3 Å². The van der Waals surface area contributed by atoms with E-state index in [1.165, 1.54) is 31.4 Å². The lowest BCUT2D eigenvalue weighted by atomic mass is 9.83. The summed E-state index contributed by atoms with van der Waals surface area (Å²) in [5.41, 5.74) is 1.43. The fraction of sp³-hybridized carbons (Fsp3) is 0.680. The molecule has 0 aliphatic carbocycles. The number of likely N-dealkylation sites (tertiary alicyclic amines) is 2. The second kappa shape index (κ2) is 12.9. The zero-order valence-electron chi connectivity index (χ0n) is 20.3. The van der Waals surface area contributed by atoms with Crippen LogP contribution in [-0.4, -0.2) is 103 Å². The van der Waals surface area contributed by atoms with Crippen molar-refractivity contribution in [2.24, 2.45) is 10.9 Å². The van der Waals surface area contributed by atoms with Crippen molar-refractivity contribution >= 4 is 35.8 Å². The SMILES string of the molecule is CN=C(NCCN1CCN(C(C)=O)CC1)N1CCC2C(CCCN2Cc2ccccc2)C1.I. The van der Waals surface area contributed by atoms with Gasteiger partial charge in [-0.1, -0.05) is 30.3 Å². The molecule has 2 atom stereocenters. The largest absolute Gasteiger partial charge is 0.355 e. The summed E-state index contributed by atoms with van der Waals surface area (Å²) in [6.45, 7) is 11.7. The molecule has 33 heavy (non-hydrogen) atoms. The van der Waals surface area contributed by atoms with Crippen molar-refractivity contribution in [3.8, 4) is 0 Å². The molecule has 0 radical (unpaired) electrons. The van der Waals surface area contributed by atoms with Crippen molar-refractivity contribution in [1.29, 1.82) is 0 Å². The van der Waals surface area contributed by atoms with Gasteiger partial charge >= 0.3 is 0 Å². The highest BCUT2D eigenvalue weighted by molar-refractivity contribution is 14.0. The summed E-state index contributed by atoms with van der Waals surface area (Å²) in [6, 6.07) is 11.6. The van der Waals surface area contributed by atoms with E-state index in [1.54, 1.807) is 6.92 Å². The maximum Gasteiger partial charge on any atom is 0.219 e. The van der Waals surface area contributed by atoms with Crippen molar-refractivity contribution in [3.05, 3.63) is 35.9 Å². The predicted octanol–water partition coefficient (Wildman–Crippen LogP) is 2.33. The average Bonchev–Trinajstić information content (AvgIpc) is 2.83. The number of halogens is 1. The number of piperazine rings is 1. The van der Waals surface area contributed by atoms with Crippen LogP contribution in [0.4, 0.5) is 0 Å². The van der Waals surface area contributed by atoms with Gasteiger partial charge in [0.15, 0.2) is 5.96 Å². The van der Waals surface area contributed by atoms with Gasteiger partial charge in [-0.25, -0.2) is 0 Å². The number of carbonyl (C=O) groups is 1. The molecule has 3 aliphatic rings. The maximum absolute atomic E-state index is 11.5. The van der Waals surface area contributed by atoms with Crippen LogP contribution in [0.25, 0.3) is 0 Å². The molecule has 1 amide bonds. The topological polar surface area (TPSA) is 54.4 Å². The Kier molecular flexibility index (Phi) is 10.2. The highest BCUT2D eigenvalue weighted by Crippen LogP contribution is 2.31. The minimum absolute atomic E-state index is 0. The average molecular weight is 569 g/mol. The van der Waals surface area contributed by atoms with Crippen LogP contribution in [0.3, 0.4) is 0 Å². The molecule has 0 bridgehead atoms. The highest BCUT2D eigenvalue weighted by Gasteiger charge is 2.36. The number of hydrogen-bond donors (Lipinski definition) is 1. The van der Waals surface area contributed by atoms with Crippen LogP contribution in [0.1, 0.15) is 31.7 Å². The summed E-state index contributed by atoms with van der Waals surface area (Å²) < 4.78 is 0. The standard InChI is InChI=1S/C25H40N6O.HI/c1-21(32)29-17-15-28(16-18-29)14-11-27-25(26-2)31-13-10-24-23(20-31)9-6-12-30(24)19-22-7-4-3-5-8-22;/h3-5,7-8,23-24H,6,9-20H2,1-2H3,(H,26,27);1H. The number of rotatable bonds is 5. The first-order valence-electron chi connectivity index (χ1n) is 12.4. The minimum Gasteiger partial charge on any atom is -0.355 e. The first kappa shape index (κ1) is 26.2. The van der Waals surface area contributed by atoms with E-state index in [0.717, 1.165) is 70.8 Å². The molecule has 3 heterocycles. The molecule has 4 rings (SSSR count). The molecule has 3 fully saturated rings. The number of aliphatic imine (C=N–C) groups is 1. The monoisotopic (exact) mass is 568 g/mol. The molecule has 0 aromatic heterocycles. The van der Waals surface area contributed by atoms with Gasteiger partial charge < -0.3 is 15.1 Å². The third-order valence-electron chi connectivity index (χ3n) is 7.45. The van der Waals surface area contributed by atoms with Gasteiger partial charge in [-0.2, -0.15) is 0 Å². The summed E-state index contributed by atoms with van der Waals surface area (Å²) in [7, 11) is 1.91. The van der Waals surface area contributed by atoms with Crippen LogP contribution in [0.5, 0.6) is 0 Å². The molecule has 1 aromatic rings. The van der Waals surface area contributed by atoms with E-state index in [2.05, 4.69) is 55.3 Å². The third-order valence-corrected chi connectivity index (χ3v) is 7.45. The summed E-state index contributed by atoms with van der Waals surface area (Å²) in [5, 5.41) is 3.61. The number of hydrogen-bond acceptors (Lipinski definition) is 4. The molecule has 0 spiro atoms. The Hall–Kier alpha value is -1.39. The van der Waals surface area contributed by atoms with Crippen LogP contribution in [0.15, 0.2) is 35.3 Å². The van der Waals surface area contributed by atoms with E-state index in [1.807, 2.05) is 11.9 Å². The van der Waals surface area contributed by atoms with E-state index >= 15 is 0 Å². The molecule has 3 aliphatic heterocycles. The summed E-state index contributed by atoms with van der Waals surface area (Å²) in [6.07, 6.45) is 3.83. The smallest absolute Gasteiger partial charge is 0.219 e. The molecule has 7 nitrogen and oxygen atoms in total. The molecule has 1 aromatic carbocycles. The fourth-order valence-electron chi connectivity index (χ4n) is 5.66. The zero-order chi connectivity index (χ0) is 22.3. The first-order chi connectivity index (χ1) is 15.6. The molecular weight excluding hydrogens is 527 g/mol. The number of amides is 1. The molecule has 3 saturated heterocycles. The number of nitrogens with zero attached hydrogens (tertiary/aromatic N) is 5. The van der Waals surface area contributed by atoms with Crippen LogP contribution in [0, 0.1) is 5.92 Å². The van der Waals surface area contributed by atoms with Gasteiger partial charge in [0.1, 0.15) is 0 Å². The Morgan fingerprint density at radius 3 is 2.48 bits per heavy atom. The van der Waals surface area contributed by atoms with Crippen LogP contribution >= 0.6 is 24.0 Å². The van der Waals surface area contributed by atoms with Gasteiger partial charge in [0.05, 0.1) is 0 Å². The van der Waals surface area contributed by atoms with Gasteiger partial charge in [0.25, 0.3) is 0 Å². The van der Waals surface area contributed by atoms with E-state index in [0.29, 0.717) is 6.04 Å². The maximum atomic E-state index is 11.5. The van der Waals surface area contributed by atoms with Crippen molar-refractivity contribution < 1.29 is 4.79 Å². The molecular formula is C25H41IN6O. The normalized spacial score (nSPS) is 24.7. The lowest BCUT2D eigenvalue weighted by molar-refractivity contribution is -0.130. The Labute approximate surface area is 216 Å². The Morgan fingerprint density at radius 1 is 1.03 bits per heavy atom. The fourth-order valence-corrected chi connectivity index (χ4v) is 5.66. The van der Waals surface area contributed by atoms with E-state index in [-0.39, 0.29) is 29.9 Å². The lowest BCUT2D eigenvalue weighted by Gasteiger charge is -2.48. The van der Waals surface area contributed by atoms with E-state index in [4.69, 9.17) is 0 Å². The molecule has 8 heteroatoms. The molecule has 0 saturated carbocycles. The lowest BCUT2D eigenvalue weighted by Crippen LogP contribution is -2.57. The third kappa shape index (κ3) is 7.05. The number of benzene rings is 1. The van der Waals surface area contributed by atoms with Gasteiger partial charge in [-0.3, -0.25) is 19.6 Å². The van der Waals surface area contributed by atoms with Crippen molar-refractivity contribution in [1.82, 2.24) is 24.9 Å². The highest BCUT2D eigenvalue weighted by atomic mass is 127. The van der Waals surface area contributed by atoms with Crippen molar-refractivity contribution in [3.63, 3.8) is 0 Å². The second-order valence-corrected chi connectivity index (χ2v) is 9.48. The van der Waals surface area contributed by atoms with Crippen LogP contribution in [0.2, 0.25) is 0 Å².